The number of epoxide rings is 1. The van der Waals surface area contributed by atoms with E-state index in [1.54, 1.807) is 7.11 Å². The Morgan fingerprint density at radius 3 is 2.54 bits per heavy atom. The fourth-order valence-corrected chi connectivity index (χ4v) is 1.29. The van der Waals surface area contributed by atoms with Crippen LogP contribution in [0, 0.1) is 0 Å². The minimum absolute atomic E-state index is 0.0385. The number of benzene rings is 1. The summed E-state index contributed by atoms with van der Waals surface area (Å²) in [6.45, 7) is 0. The fourth-order valence-electron chi connectivity index (χ4n) is 1.29. The first-order valence-electron chi connectivity index (χ1n) is 4.10. The van der Waals surface area contributed by atoms with Crippen molar-refractivity contribution in [3.63, 3.8) is 0 Å². The van der Waals surface area contributed by atoms with Gasteiger partial charge in [-0.2, -0.15) is 0 Å². The number of carbonyl (C=O) groups excluding carboxylic acids is 1. The van der Waals surface area contributed by atoms with E-state index in [0.29, 0.717) is 0 Å². The maximum absolute atomic E-state index is 10.3. The molecule has 1 fully saturated rings. The molecule has 2 unspecified atom stereocenters. The molecule has 1 aliphatic rings. The van der Waals surface area contributed by atoms with Crippen molar-refractivity contribution in [3.8, 4) is 5.75 Å². The molecule has 1 aromatic rings. The predicted octanol–water partition coefficient (Wildman–Crippen LogP) is 1.33. The average Bonchev–Trinajstić information content (AvgIpc) is 2.97. The molecule has 1 aromatic carbocycles. The van der Waals surface area contributed by atoms with Crippen LogP contribution < -0.4 is 4.74 Å². The number of rotatable bonds is 3. The molecule has 2 atom stereocenters. The van der Waals surface area contributed by atoms with Gasteiger partial charge in [0.1, 0.15) is 18.0 Å². The van der Waals surface area contributed by atoms with E-state index in [1.807, 2.05) is 24.3 Å². The summed E-state index contributed by atoms with van der Waals surface area (Å²) < 4.78 is 10.1. The van der Waals surface area contributed by atoms with Crippen LogP contribution in [0.25, 0.3) is 0 Å². The van der Waals surface area contributed by atoms with E-state index in [2.05, 4.69) is 0 Å². The van der Waals surface area contributed by atoms with Crippen molar-refractivity contribution in [3.05, 3.63) is 29.8 Å². The van der Waals surface area contributed by atoms with Gasteiger partial charge >= 0.3 is 0 Å². The highest BCUT2D eigenvalue weighted by atomic mass is 16.6. The molecule has 0 aromatic heterocycles. The second-order valence-corrected chi connectivity index (χ2v) is 2.93. The Kier molecular flexibility index (Phi) is 2.02. The highest BCUT2D eigenvalue weighted by Gasteiger charge is 2.39. The van der Waals surface area contributed by atoms with E-state index >= 15 is 0 Å². The lowest BCUT2D eigenvalue weighted by Gasteiger charge is -1.99. The fraction of sp³-hybridized carbons (Fsp3) is 0.300. The van der Waals surface area contributed by atoms with Crippen LogP contribution in [0.1, 0.15) is 11.7 Å². The Bertz CT molecular complexity index is 304. The normalized spacial score (nSPS) is 25.3. The van der Waals surface area contributed by atoms with Gasteiger partial charge in [-0.25, -0.2) is 0 Å². The summed E-state index contributed by atoms with van der Waals surface area (Å²) in [4.78, 5) is 10.3. The Balaban J connectivity index is 2.11. The van der Waals surface area contributed by atoms with Gasteiger partial charge in [0, 0.05) is 0 Å². The summed E-state index contributed by atoms with van der Waals surface area (Å²) in [7, 11) is 1.62. The van der Waals surface area contributed by atoms with Crippen molar-refractivity contribution in [1.29, 1.82) is 0 Å². The lowest BCUT2D eigenvalue weighted by Crippen LogP contribution is -1.89. The van der Waals surface area contributed by atoms with E-state index in [-0.39, 0.29) is 12.2 Å². The van der Waals surface area contributed by atoms with Gasteiger partial charge in [-0.1, -0.05) is 12.1 Å². The molecule has 3 heteroatoms. The van der Waals surface area contributed by atoms with Crippen LogP contribution in [-0.2, 0) is 9.53 Å². The number of carbonyl (C=O) groups is 1. The molecular formula is C10H10O3. The van der Waals surface area contributed by atoms with Gasteiger partial charge < -0.3 is 14.3 Å². The molecule has 1 aliphatic heterocycles. The molecular weight excluding hydrogens is 168 g/mol. The first kappa shape index (κ1) is 8.26. The van der Waals surface area contributed by atoms with Crippen molar-refractivity contribution in [2.24, 2.45) is 0 Å². The number of ether oxygens (including phenoxy) is 2. The minimum atomic E-state index is -0.242. The Hall–Kier alpha value is -1.35. The first-order valence-corrected chi connectivity index (χ1v) is 4.10. The number of hydrogen-bond donors (Lipinski definition) is 0. The van der Waals surface area contributed by atoms with Crippen molar-refractivity contribution >= 4 is 6.29 Å². The van der Waals surface area contributed by atoms with Crippen LogP contribution in [0.4, 0.5) is 0 Å². The molecule has 0 aliphatic carbocycles. The quantitative estimate of drug-likeness (QED) is 0.517. The zero-order valence-corrected chi connectivity index (χ0v) is 7.27. The molecule has 68 valence electrons. The number of methoxy groups -OCH3 is 1. The van der Waals surface area contributed by atoms with Crippen molar-refractivity contribution in [1.82, 2.24) is 0 Å². The number of hydrogen-bond acceptors (Lipinski definition) is 3. The van der Waals surface area contributed by atoms with Crippen LogP contribution in [0.2, 0.25) is 0 Å². The van der Waals surface area contributed by atoms with Gasteiger partial charge in [0.05, 0.1) is 7.11 Å². The molecule has 1 heterocycles. The van der Waals surface area contributed by atoms with Gasteiger partial charge in [0.25, 0.3) is 0 Å². The zero-order valence-electron chi connectivity index (χ0n) is 7.27. The number of aldehydes is 1. The van der Waals surface area contributed by atoms with Crippen molar-refractivity contribution in [2.75, 3.05) is 7.11 Å². The zero-order chi connectivity index (χ0) is 9.26. The van der Waals surface area contributed by atoms with Crippen molar-refractivity contribution in [2.45, 2.75) is 12.2 Å². The molecule has 0 bridgehead atoms. The standard InChI is InChI=1S/C10H10O3/c1-12-8-4-2-7(3-5-8)10-9(6-11)13-10/h2-6,9-10H,1H3. The Morgan fingerprint density at radius 2 is 2.08 bits per heavy atom. The SMILES string of the molecule is COc1ccc(C2OC2C=O)cc1. The van der Waals surface area contributed by atoms with E-state index in [9.17, 15) is 4.79 Å². The average molecular weight is 178 g/mol. The first-order chi connectivity index (χ1) is 6.35. The van der Waals surface area contributed by atoms with Crippen LogP contribution in [0.5, 0.6) is 5.75 Å². The van der Waals surface area contributed by atoms with Crippen LogP contribution in [-0.4, -0.2) is 19.5 Å². The molecule has 3 nitrogen and oxygen atoms in total. The van der Waals surface area contributed by atoms with Crippen LogP contribution in [0.3, 0.4) is 0 Å². The molecule has 0 radical (unpaired) electrons. The van der Waals surface area contributed by atoms with Gasteiger partial charge in [-0.15, -0.1) is 0 Å². The Labute approximate surface area is 76.3 Å². The van der Waals surface area contributed by atoms with E-state index in [1.165, 1.54) is 0 Å². The molecule has 1 saturated heterocycles. The van der Waals surface area contributed by atoms with Gasteiger partial charge in [-0.3, -0.25) is 0 Å². The predicted molar refractivity (Wildman–Crippen MR) is 46.7 cm³/mol. The topological polar surface area (TPSA) is 38.8 Å². The second kappa shape index (κ2) is 3.18. The lowest BCUT2D eigenvalue weighted by atomic mass is 10.1. The summed E-state index contributed by atoms with van der Waals surface area (Å²) in [5.74, 6) is 0.812. The summed E-state index contributed by atoms with van der Waals surface area (Å²) >= 11 is 0. The Morgan fingerprint density at radius 1 is 1.38 bits per heavy atom. The van der Waals surface area contributed by atoms with Gasteiger partial charge in [0.15, 0.2) is 6.29 Å². The van der Waals surface area contributed by atoms with Gasteiger partial charge in [0.2, 0.25) is 0 Å². The minimum Gasteiger partial charge on any atom is -0.497 e. The molecule has 0 saturated carbocycles. The summed E-state index contributed by atoms with van der Waals surface area (Å²) in [6.07, 6.45) is 0.548. The maximum atomic E-state index is 10.3. The summed E-state index contributed by atoms with van der Waals surface area (Å²) in [5.41, 5.74) is 1.03. The largest absolute Gasteiger partial charge is 0.497 e. The lowest BCUT2D eigenvalue weighted by molar-refractivity contribution is -0.108. The van der Waals surface area contributed by atoms with Gasteiger partial charge in [-0.05, 0) is 17.7 Å². The highest BCUT2D eigenvalue weighted by molar-refractivity contribution is 5.61. The summed E-state index contributed by atoms with van der Waals surface area (Å²) in [6, 6.07) is 7.54. The maximum Gasteiger partial charge on any atom is 0.151 e. The molecule has 0 spiro atoms. The third kappa shape index (κ3) is 1.55. The molecule has 13 heavy (non-hydrogen) atoms. The third-order valence-corrected chi connectivity index (χ3v) is 2.10. The second-order valence-electron chi connectivity index (χ2n) is 2.93. The molecule has 2 rings (SSSR count). The van der Waals surface area contributed by atoms with E-state index in [4.69, 9.17) is 9.47 Å². The molecule has 0 N–H and O–H groups in total. The summed E-state index contributed by atoms with van der Waals surface area (Å²) in [5, 5.41) is 0. The third-order valence-electron chi connectivity index (χ3n) is 2.10. The van der Waals surface area contributed by atoms with E-state index < -0.39 is 0 Å². The highest BCUT2D eigenvalue weighted by Crippen LogP contribution is 2.37. The molecule has 0 amide bonds. The monoisotopic (exact) mass is 178 g/mol. The van der Waals surface area contributed by atoms with Crippen LogP contribution in [0.15, 0.2) is 24.3 Å². The smallest absolute Gasteiger partial charge is 0.151 e. The van der Waals surface area contributed by atoms with E-state index in [0.717, 1.165) is 17.6 Å². The van der Waals surface area contributed by atoms with Crippen LogP contribution >= 0.6 is 0 Å². The van der Waals surface area contributed by atoms with Crippen molar-refractivity contribution < 1.29 is 14.3 Å².